The zero-order chi connectivity index (χ0) is 13.9. The quantitative estimate of drug-likeness (QED) is 0.438. The summed E-state index contributed by atoms with van der Waals surface area (Å²) in [5, 5.41) is 0. The predicted octanol–water partition coefficient (Wildman–Crippen LogP) is 2.46. The highest BCUT2D eigenvalue weighted by molar-refractivity contribution is 6.19. The van der Waals surface area contributed by atoms with Gasteiger partial charge in [-0.1, -0.05) is 11.8 Å². The average Bonchev–Trinajstić information content (AvgIpc) is 2.43. The molecule has 1 aromatic rings. The Bertz CT molecular complexity index is 440. The van der Waals surface area contributed by atoms with Crippen molar-refractivity contribution in [2.45, 2.75) is 0 Å². The van der Waals surface area contributed by atoms with Crippen LogP contribution in [0.1, 0.15) is 5.56 Å². The van der Waals surface area contributed by atoms with Crippen molar-refractivity contribution < 1.29 is 18.6 Å². The van der Waals surface area contributed by atoms with Gasteiger partial charge in [-0.2, -0.15) is 0 Å². The van der Waals surface area contributed by atoms with E-state index in [1.54, 1.807) is 19.2 Å². The van der Waals surface area contributed by atoms with Crippen molar-refractivity contribution in [2.75, 3.05) is 39.4 Å². The van der Waals surface area contributed by atoms with Crippen LogP contribution in [0.2, 0.25) is 0 Å². The molecular weight excluding hydrogens is 271 g/mol. The van der Waals surface area contributed by atoms with Gasteiger partial charge in [0.15, 0.2) is 11.6 Å². The zero-order valence-corrected chi connectivity index (χ0v) is 11.5. The molecule has 0 amide bonds. The minimum Gasteiger partial charge on any atom is -0.488 e. The van der Waals surface area contributed by atoms with E-state index >= 15 is 0 Å². The Morgan fingerprint density at radius 2 is 2.00 bits per heavy atom. The van der Waals surface area contributed by atoms with Gasteiger partial charge in [0, 0.05) is 12.7 Å². The summed E-state index contributed by atoms with van der Waals surface area (Å²) in [6.45, 7) is 1.66. The lowest BCUT2D eigenvalue weighted by Gasteiger charge is -2.08. The van der Waals surface area contributed by atoms with Gasteiger partial charge in [0.05, 0.1) is 25.7 Å². The summed E-state index contributed by atoms with van der Waals surface area (Å²) in [6, 6.07) is 4.44. The molecule has 0 aliphatic carbocycles. The van der Waals surface area contributed by atoms with Crippen LogP contribution in [0.3, 0.4) is 0 Å². The summed E-state index contributed by atoms with van der Waals surface area (Å²) in [6.07, 6.45) is 0. The molecule has 0 N–H and O–H groups in total. The molecule has 0 bridgehead atoms. The van der Waals surface area contributed by atoms with Crippen molar-refractivity contribution in [3.63, 3.8) is 0 Å². The van der Waals surface area contributed by atoms with Crippen LogP contribution < -0.4 is 4.74 Å². The third-order valence-corrected chi connectivity index (χ3v) is 2.28. The minimum absolute atomic E-state index is 0.164. The third-order valence-electron chi connectivity index (χ3n) is 2.15. The number of methoxy groups -OCH3 is 1. The fraction of sp³-hybridized carbons (Fsp3) is 0.429. The summed E-state index contributed by atoms with van der Waals surface area (Å²) in [5.74, 6) is 5.48. The van der Waals surface area contributed by atoms with Crippen LogP contribution in [-0.2, 0) is 9.47 Å². The lowest BCUT2D eigenvalue weighted by Crippen LogP contribution is -2.10. The van der Waals surface area contributed by atoms with Gasteiger partial charge in [0.25, 0.3) is 0 Å². The molecule has 5 heteroatoms. The molecule has 0 fully saturated rings. The van der Waals surface area contributed by atoms with E-state index in [1.165, 1.54) is 6.07 Å². The first-order valence-electron chi connectivity index (χ1n) is 5.81. The molecular formula is C14H16ClFO3. The molecule has 19 heavy (non-hydrogen) atoms. The predicted molar refractivity (Wildman–Crippen MR) is 72.2 cm³/mol. The van der Waals surface area contributed by atoms with Gasteiger partial charge in [0.1, 0.15) is 6.61 Å². The summed E-state index contributed by atoms with van der Waals surface area (Å²) in [7, 11) is 1.60. The highest BCUT2D eigenvalue weighted by atomic mass is 35.5. The SMILES string of the molecule is COCCOCCOc1cc(C#CCCl)ccc1F. The maximum absolute atomic E-state index is 13.5. The van der Waals surface area contributed by atoms with E-state index in [0.29, 0.717) is 25.4 Å². The van der Waals surface area contributed by atoms with Gasteiger partial charge in [-0.3, -0.25) is 0 Å². The van der Waals surface area contributed by atoms with Crippen LogP contribution in [0.4, 0.5) is 4.39 Å². The monoisotopic (exact) mass is 286 g/mol. The second kappa shape index (κ2) is 9.62. The Balaban J connectivity index is 2.43. The first kappa shape index (κ1) is 15.8. The molecule has 0 unspecified atom stereocenters. The zero-order valence-electron chi connectivity index (χ0n) is 10.7. The van der Waals surface area contributed by atoms with E-state index < -0.39 is 5.82 Å². The number of rotatable bonds is 7. The fourth-order valence-corrected chi connectivity index (χ4v) is 1.35. The lowest BCUT2D eigenvalue weighted by molar-refractivity contribution is 0.0538. The van der Waals surface area contributed by atoms with Gasteiger partial charge in [-0.05, 0) is 18.2 Å². The standard InChI is InChI=1S/C14H16ClFO3/c1-17-7-8-18-9-10-19-14-11-12(3-2-6-15)4-5-13(14)16/h4-5,11H,6-10H2,1H3. The molecule has 0 atom stereocenters. The van der Waals surface area contributed by atoms with Crippen LogP contribution in [0.25, 0.3) is 0 Å². The molecule has 0 aliphatic heterocycles. The van der Waals surface area contributed by atoms with E-state index in [1.807, 2.05) is 0 Å². The lowest BCUT2D eigenvalue weighted by atomic mass is 10.2. The van der Waals surface area contributed by atoms with Gasteiger partial charge in [-0.15, -0.1) is 11.6 Å². The van der Waals surface area contributed by atoms with Crippen molar-refractivity contribution in [2.24, 2.45) is 0 Å². The molecule has 0 radical (unpaired) electrons. The van der Waals surface area contributed by atoms with Gasteiger partial charge >= 0.3 is 0 Å². The maximum Gasteiger partial charge on any atom is 0.165 e. The Hall–Kier alpha value is -1.28. The number of hydrogen-bond donors (Lipinski definition) is 0. The van der Waals surface area contributed by atoms with E-state index in [4.69, 9.17) is 25.8 Å². The fourth-order valence-electron chi connectivity index (χ4n) is 1.28. The first-order chi connectivity index (χ1) is 9.27. The van der Waals surface area contributed by atoms with Crippen molar-refractivity contribution in [1.82, 2.24) is 0 Å². The second-order valence-corrected chi connectivity index (χ2v) is 3.80. The Kier molecular flexibility index (Phi) is 7.99. The van der Waals surface area contributed by atoms with Gasteiger partial charge in [0.2, 0.25) is 0 Å². The largest absolute Gasteiger partial charge is 0.488 e. The topological polar surface area (TPSA) is 27.7 Å². The molecule has 3 nitrogen and oxygen atoms in total. The van der Waals surface area contributed by atoms with Gasteiger partial charge < -0.3 is 14.2 Å². The molecule has 0 spiro atoms. The molecule has 0 aromatic heterocycles. The van der Waals surface area contributed by atoms with Crippen molar-refractivity contribution in [3.8, 4) is 17.6 Å². The van der Waals surface area contributed by atoms with Crippen LogP contribution in [-0.4, -0.2) is 39.4 Å². The maximum atomic E-state index is 13.5. The Morgan fingerprint density at radius 1 is 1.21 bits per heavy atom. The van der Waals surface area contributed by atoms with Gasteiger partial charge in [-0.25, -0.2) is 4.39 Å². The van der Waals surface area contributed by atoms with E-state index in [9.17, 15) is 4.39 Å². The van der Waals surface area contributed by atoms with Crippen molar-refractivity contribution in [3.05, 3.63) is 29.6 Å². The molecule has 0 saturated heterocycles. The average molecular weight is 287 g/mol. The molecule has 1 rings (SSSR count). The Morgan fingerprint density at radius 3 is 2.74 bits per heavy atom. The smallest absolute Gasteiger partial charge is 0.165 e. The van der Waals surface area contributed by atoms with Crippen molar-refractivity contribution >= 4 is 11.6 Å². The van der Waals surface area contributed by atoms with Crippen molar-refractivity contribution in [1.29, 1.82) is 0 Å². The van der Waals surface area contributed by atoms with Crippen LogP contribution >= 0.6 is 11.6 Å². The highest BCUT2D eigenvalue weighted by Gasteiger charge is 2.03. The van der Waals surface area contributed by atoms with Crippen LogP contribution in [0.15, 0.2) is 18.2 Å². The second-order valence-electron chi connectivity index (χ2n) is 3.53. The number of hydrogen-bond acceptors (Lipinski definition) is 3. The number of alkyl halides is 1. The summed E-state index contributed by atoms with van der Waals surface area (Å²) in [5.41, 5.74) is 0.664. The number of benzene rings is 1. The summed E-state index contributed by atoms with van der Waals surface area (Å²) in [4.78, 5) is 0. The van der Waals surface area contributed by atoms with Crippen LogP contribution in [0, 0.1) is 17.7 Å². The van der Waals surface area contributed by atoms with E-state index in [2.05, 4.69) is 11.8 Å². The number of halogens is 2. The normalized spacial score (nSPS) is 9.84. The summed E-state index contributed by atoms with van der Waals surface area (Å²) >= 11 is 5.46. The number of ether oxygens (including phenoxy) is 3. The minimum atomic E-state index is -0.423. The highest BCUT2D eigenvalue weighted by Crippen LogP contribution is 2.18. The molecule has 0 heterocycles. The molecule has 104 valence electrons. The molecule has 1 aromatic carbocycles. The molecule has 0 aliphatic rings. The third kappa shape index (κ3) is 6.44. The summed E-state index contributed by atoms with van der Waals surface area (Å²) < 4.78 is 28.8. The first-order valence-corrected chi connectivity index (χ1v) is 6.35. The van der Waals surface area contributed by atoms with Crippen LogP contribution in [0.5, 0.6) is 5.75 Å². The van der Waals surface area contributed by atoms with E-state index in [0.717, 1.165) is 0 Å². The molecule has 0 saturated carbocycles. The Labute approximate surface area is 117 Å². The van der Waals surface area contributed by atoms with E-state index in [-0.39, 0.29) is 18.2 Å².